The van der Waals surface area contributed by atoms with Crippen molar-refractivity contribution in [1.82, 2.24) is 15.1 Å². The summed E-state index contributed by atoms with van der Waals surface area (Å²) in [5.41, 5.74) is 1.62. The van der Waals surface area contributed by atoms with Crippen LogP contribution >= 0.6 is 0 Å². The number of pyridine rings is 1. The first-order valence-corrected chi connectivity index (χ1v) is 7.51. The van der Waals surface area contributed by atoms with Crippen molar-refractivity contribution < 1.29 is 14.0 Å². The molecule has 6 nitrogen and oxygen atoms in total. The Hall–Kier alpha value is -2.80. The zero-order chi connectivity index (χ0) is 16.9. The van der Waals surface area contributed by atoms with Crippen LogP contribution in [0.2, 0.25) is 0 Å². The number of hydrogen-bond acceptors (Lipinski definition) is 6. The zero-order valence-electron chi connectivity index (χ0n) is 13.2. The molecule has 0 aliphatic carbocycles. The van der Waals surface area contributed by atoms with Crippen LogP contribution in [0.3, 0.4) is 0 Å². The normalized spacial score (nSPS) is 10.8. The smallest absolute Gasteiger partial charge is 0.259 e. The molecule has 0 bridgehead atoms. The van der Waals surface area contributed by atoms with Crippen molar-refractivity contribution in [3.05, 3.63) is 59.8 Å². The van der Waals surface area contributed by atoms with Crippen molar-refractivity contribution in [2.45, 2.75) is 6.42 Å². The van der Waals surface area contributed by atoms with Gasteiger partial charge >= 0.3 is 0 Å². The number of hydrogen-bond donors (Lipinski definition) is 1. The average Bonchev–Trinajstić information content (AvgIpc) is 3.06. The maximum atomic E-state index is 12.9. The Kier molecular flexibility index (Phi) is 4.81. The monoisotopic (exact) mass is 328 g/mol. The summed E-state index contributed by atoms with van der Waals surface area (Å²) in [7, 11) is 1.85. The number of aliphatic hydroxyl groups excluding tert-OH is 1. The minimum absolute atomic E-state index is 0.0658. The van der Waals surface area contributed by atoms with Crippen molar-refractivity contribution >= 4 is 5.82 Å². The summed E-state index contributed by atoms with van der Waals surface area (Å²) in [5.74, 6) is 1.39. The van der Waals surface area contributed by atoms with E-state index in [1.54, 1.807) is 18.3 Å². The molecular weight excluding hydrogens is 311 g/mol. The molecule has 0 fully saturated rings. The summed E-state index contributed by atoms with van der Waals surface area (Å²) in [5, 5.41) is 12.9. The van der Waals surface area contributed by atoms with Crippen LogP contribution in [0.25, 0.3) is 11.5 Å². The fourth-order valence-electron chi connectivity index (χ4n) is 2.23. The third-order valence-electron chi connectivity index (χ3n) is 3.56. The summed E-state index contributed by atoms with van der Waals surface area (Å²) >= 11 is 0. The molecule has 124 valence electrons. The minimum Gasteiger partial charge on any atom is -0.395 e. The molecule has 2 aromatic heterocycles. The summed E-state index contributed by atoms with van der Waals surface area (Å²) in [6, 6.07) is 9.86. The highest BCUT2D eigenvalue weighted by Gasteiger charge is 2.11. The van der Waals surface area contributed by atoms with Crippen LogP contribution in [-0.4, -0.2) is 40.4 Å². The number of benzene rings is 1. The fourth-order valence-corrected chi connectivity index (χ4v) is 2.23. The molecule has 0 saturated carbocycles. The molecule has 3 aromatic rings. The summed E-state index contributed by atoms with van der Waals surface area (Å²) in [4.78, 5) is 10.5. The van der Waals surface area contributed by atoms with Gasteiger partial charge in [0.25, 0.3) is 5.89 Å². The number of anilines is 1. The lowest BCUT2D eigenvalue weighted by Crippen LogP contribution is -2.21. The van der Waals surface area contributed by atoms with E-state index in [1.165, 1.54) is 12.1 Å². The quantitative estimate of drug-likeness (QED) is 0.748. The van der Waals surface area contributed by atoms with Crippen LogP contribution in [0.4, 0.5) is 10.2 Å². The van der Waals surface area contributed by atoms with Gasteiger partial charge in [0, 0.05) is 26.2 Å². The highest BCUT2D eigenvalue weighted by Crippen LogP contribution is 2.19. The van der Waals surface area contributed by atoms with Gasteiger partial charge in [-0.15, -0.1) is 0 Å². The molecule has 0 aliphatic rings. The van der Waals surface area contributed by atoms with Gasteiger partial charge in [0.05, 0.1) is 12.2 Å². The Morgan fingerprint density at radius 1 is 1.17 bits per heavy atom. The molecule has 2 heterocycles. The largest absolute Gasteiger partial charge is 0.395 e. The molecule has 1 N–H and O–H groups in total. The molecule has 24 heavy (non-hydrogen) atoms. The molecule has 0 radical (unpaired) electrons. The van der Waals surface area contributed by atoms with Crippen molar-refractivity contribution in [1.29, 1.82) is 0 Å². The van der Waals surface area contributed by atoms with E-state index in [-0.39, 0.29) is 12.4 Å². The molecule has 3 rings (SSSR count). The maximum absolute atomic E-state index is 12.9. The van der Waals surface area contributed by atoms with Crippen LogP contribution in [-0.2, 0) is 6.42 Å². The summed E-state index contributed by atoms with van der Waals surface area (Å²) < 4.78 is 18.2. The predicted octanol–water partition coefficient (Wildman–Crippen LogP) is 2.29. The van der Waals surface area contributed by atoms with Gasteiger partial charge in [0.15, 0.2) is 5.82 Å². The van der Waals surface area contributed by atoms with Crippen molar-refractivity contribution in [2.24, 2.45) is 0 Å². The van der Waals surface area contributed by atoms with E-state index >= 15 is 0 Å². The molecule has 0 spiro atoms. The van der Waals surface area contributed by atoms with Gasteiger partial charge < -0.3 is 14.5 Å². The van der Waals surface area contributed by atoms with Crippen LogP contribution in [0.1, 0.15) is 11.4 Å². The van der Waals surface area contributed by atoms with Crippen molar-refractivity contribution in [2.75, 3.05) is 25.1 Å². The van der Waals surface area contributed by atoms with E-state index in [0.29, 0.717) is 30.2 Å². The predicted molar refractivity (Wildman–Crippen MR) is 87.1 cm³/mol. The van der Waals surface area contributed by atoms with Gasteiger partial charge in [-0.2, -0.15) is 4.98 Å². The van der Waals surface area contributed by atoms with Crippen LogP contribution in [0.5, 0.6) is 0 Å². The lowest BCUT2D eigenvalue weighted by atomic mass is 10.1. The van der Waals surface area contributed by atoms with E-state index < -0.39 is 0 Å². The summed E-state index contributed by atoms with van der Waals surface area (Å²) in [6.07, 6.45) is 2.12. The average molecular weight is 328 g/mol. The van der Waals surface area contributed by atoms with Gasteiger partial charge in [-0.05, 0) is 29.8 Å². The lowest BCUT2D eigenvalue weighted by molar-refractivity contribution is 0.304. The van der Waals surface area contributed by atoms with Crippen molar-refractivity contribution in [3.63, 3.8) is 0 Å². The van der Waals surface area contributed by atoms with Crippen LogP contribution < -0.4 is 4.90 Å². The SMILES string of the molecule is CN(CCO)c1ccc(-c2nc(Cc3ccc(F)cc3)no2)cn1. The van der Waals surface area contributed by atoms with E-state index in [4.69, 9.17) is 9.63 Å². The maximum Gasteiger partial charge on any atom is 0.259 e. The van der Waals surface area contributed by atoms with Crippen LogP contribution in [0, 0.1) is 5.82 Å². The Morgan fingerprint density at radius 2 is 1.96 bits per heavy atom. The number of nitrogens with zero attached hydrogens (tertiary/aromatic N) is 4. The second-order valence-electron chi connectivity index (χ2n) is 5.37. The van der Waals surface area contributed by atoms with Gasteiger partial charge in [-0.3, -0.25) is 0 Å². The number of aliphatic hydroxyl groups is 1. The lowest BCUT2D eigenvalue weighted by Gasteiger charge is -2.16. The number of aromatic nitrogens is 3. The molecule has 0 atom stereocenters. The first kappa shape index (κ1) is 16.1. The van der Waals surface area contributed by atoms with Gasteiger partial charge in [-0.25, -0.2) is 9.37 Å². The van der Waals surface area contributed by atoms with Crippen molar-refractivity contribution in [3.8, 4) is 11.5 Å². The number of halogens is 1. The van der Waals surface area contributed by atoms with Gasteiger partial charge in [0.1, 0.15) is 11.6 Å². The molecule has 0 aliphatic heterocycles. The fraction of sp³-hybridized carbons (Fsp3) is 0.235. The van der Waals surface area contributed by atoms with Gasteiger partial charge in [-0.1, -0.05) is 17.3 Å². The Balaban J connectivity index is 1.72. The molecule has 0 saturated heterocycles. The molecule has 1 aromatic carbocycles. The minimum atomic E-state index is -0.273. The molecular formula is C17H17FN4O2. The number of rotatable bonds is 6. The highest BCUT2D eigenvalue weighted by molar-refractivity contribution is 5.54. The number of likely N-dealkylation sites (N-methyl/N-ethyl adjacent to an activating group) is 1. The van der Waals surface area contributed by atoms with Gasteiger partial charge in [0.2, 0.25) is 0 Å². The van der Waals surface area contributed by atoms with E-state index in [2.05, 4.69) is 15.1 Å². The topological polar surface area (TPSA) is 75.3 Å². The third kappa shape index (κ3) is 3.75. The van der Waals surface area contributed by atoms with E-state index in [1.807, 2.05) is 24.1 Å². The van der Waals surface area contributed by atoms with Crippen LogP contribution in [0.15, 0.2) is 47.1 Å². The Labute approximate surface area is 138 Å². The molecule has 0 unspecified atom stereocenters. The zero-order valence-corrected chi connectivity index (χ0v) is 13.2. The molecule has 7 heteroatoms. The van der Waals surface area contributed by atoms with E-state index in [9.17, 15) is 4.39 Å². The Bertz CT molecular complexity index is 787. The second kappa shape index (κ2) is 7.18. The first-order chi connectivity index (χ1) is 11.7. The van der Waals surface area contributed by atoms with E-state index in [0.717, 1.165) is 11.4 Å². The molecule has 0 amide bonds. The highest BCUT2D eigenvalue weighted by atomic mass is 19.1. The Morgan fingerprint density at radius 3 is 2.62 bits per heavy atom. The standard InChI is InChI=1S/C17H17FN4O2/c1-22(8-9-23)16-7-4-13(11-19-16)17-20-15(21-24-17)10-12-2-5-14(18)6-3-12/h2-7,11,23H,8-10H2,1H3. The second-order valence-corrected chi connectivity index (χ2v) is 5.37. The summed E-state index contributed by atoms with van der Waals surface area (Å²) in [6.45, 7) is 0.574. The third-order valence-corrected chi connectivity index (χ3v) is 3.56. The first-order valence-electron chi connectivity index (χ1n) is 7.51.